The maximum absolute atomic E-state index is 11.3. The Hall–Kier alpha value is -2.33. The minimum atomic E-state index is -0.679. The van der Waals surface area contributed by atoms with Crippen LogP contribution in [-0.2, 0) is 16.1 Å². The Morgan fingerprint density at radius 1 is 1.47 bits per heavy atom. The van der Waals surface area contributed by atoms with E-state index in [1.165, 1.54) is 32.4 Å². The van der Waals surface area contributed by atoms with Crippen LogP contribution in [0.4, 0.5) is 0 Å². The number of ether oxygens (including phenoxy) is 2. The van der Waals surface area contributed by atoms with Gasteiger partial charge in [-0.25, -0.2) is 14.6 Å². The summed E-state index contributed by atoms with van der Waals surface area (Å²) in [4.78, 5) is 24.8. The molecule has 0 heterocycles. The highest BCUT2D eigenvalue weighted by Crippen LogP contribution is 2.29. The van der Waals surface area contributed by atoms with E-state index >= 15 is 0 Å². The Labute approximate surface area is 97.5 Å². The minimum absolute atomic E-state index is 0.00982. The average molecular weight is 237 g/mol. The quantitative estimate of drug-likeness (QED) is 0.480. The van der Waals surface area contributed by atoms with Crippen molar-refractivity contribution >= 4 is 12.0 Å². The van der Waals surface area contributed by atoms with Gasteiger partial charge >= 0.3 is 5.97 Å². The maximum Gasteiger partial charge on any atom is 0.341 e. The molecule has 17 heavy (non-hydrogen) atoms. The third kappa shape index (κ3) is 2.83. The number of carbonyl (C=O) groups excluding carboxylic acids is 2. The molecule has 6 heteroatoms. The van der Waals surface area contributed by atoms with Gasteiger partial charge in [0, 0.05) is 11.6 Å². The van der Waals surface area contributed by atoms with E-state index in [1.807, 2.05) is 0 Å². The third-order valence-corrected chi connectivity index (χ3v) is 2.12. The number of nitrogens with zero attached hydrogens (tertiary/aromatic N) is 1. The lowest BCUT2D eigenvalue weighted by Gasteiger charge is -2.09. The molecule has 0 aromatic heterocycles. The second kappa shape index (κ2) is 5.67. The van der Waals surface area contributed by atoms with E-state index < -0.39 is 5.97 Å². The molecule has 1 aromatic rings. The van der Waals surface area contributed by atoms with Gasteiger partial charge in [-0.2, -0.15) is 0 Å². The monoisotopic (exact) mass is 237 g/mol. The number of aromatic hydroxyl groups is 1. The van der Waals surface area contributed by atoms with Crippen molar-refractivity contribution in [1.82, 2.24) is 0 Å². The summed E-state index contributed by atoms with van der Waals surface area (Å²) >= 11 is 0. The zero-order chi connectivity index (χ0) is 12.8. The van der Waals surface area contributed by atoms with Gasteiger partial charge in [0.05, 0.1) is 20.8 Å². The van der Waals surface area contributed by atoms with Gasteiger partial charge in [-0.15, -0.1) is 0 Å². The summed E-state index contributed by atoms with van der Waals surface area (Å²) in [5.41, 5.74) is 0.471. The van der Waals surface area contributed by atoms with Gasteiger partial charge in [0.25, 0.3) is 0 Å². The summed E-state index contributed by atoms with van der Waals surface area (Å²) in [6.07, 6.45) is 1.39. The van der Waals surface area contributed by atoms with E-state index in [0.717, 1.165) is 0 Å². The molecule has 1 aromatic carbocycles. The molecule has 0 saturated heterocycles. The average Bonchev–Trinajstić information content (AvgIpc) is 2.35. The van der Waals surface area contributed by atoms with E-state index in [9.17, 15) is 14.7 Å². The highest BCUT2D eigenvalue weighted by molar-refractivity contribution is 5.92. The van der Waals surface area contributed by atoms with E-state index in [0.29, 0.717) is 11.3 Å². The minimum Gasteiger partial charge on any atom is -0.507 e. The second-order valence-corrected chi connectivity index (χ2v) is 3.08. The molecule has 0 aliphatic heterocycles. The molecule has 6 nitrogen and oxygen atoms in total. The molecule has 1 rings (SSSR count). The lowest BCUT2D eigenvalue weighted by Crippen LogP contribution is -2.03. The Balaban J connectivity index is 3.26. The number of benzene rings is 1. The number of aliphatic imine (C=N–C) groups is 1. The summed E-state index contributed by atoms with van der Waals surface area (Å²) in [6, 6.07) is 2.63. The molecular formula is C11H11NO5. The molecule has 0 radical (unpaired) electrons. The lowest BCUT2D eigenvalue weighted by atomic mass is 10.1. The van der Waals surface area contributed by atoms with E-state index in [4.69, 9.17) is 4.74 Å². The Morgan fingerprint density at radius 2 is 2.18 bits per heavy atom. The topological polar surface area (TPSA) is 85.2 Å². The number of phenolic OH excluding ortho intramolecular Hbond substituents is 1. The van der Waals surface area contributed by atoms with Gasteiger partial charge in [0.15, 0.2) is 0 Å². The van der Waals surface area contributed by atoms with Crippen LogP contribution in [0, 0.1) is 0 Å². The number of isocyanates is 1. The van der Waals surface area contributed by atoms with Crippen molar-refractivity contribution in [2.75, 3.05) is 14.2 Å². The Bertz CT molecular complexity index is 477. The first-order valence-corrected chi connectivity index (χ1v) is 4.65. The predicted octanol–water partition coefficient (Wildman–Crippen LogP) is 1.02. The molecule has 0 unspecified atom stereocenters. The van der Waals surface area contributed by atoms with Crippen LogP contribution in [0.2, 0.25) is 0 Å². The Morgan fingerprint density at radius 3 is 2.71 bits per heavy atom. The van der Waals surface area contributed by atoms with Gasteiger partial charge < -0.3 is 14.6 Å². The largest absolute Gasteiger partial charge is 0.507 e. The van der Waals surface area contributed by atoms with Crippen molar-refractivity contribution in [3.8, 4) is 11.5 Å². The molecule has 1 N–H and O–H groups in total. The van der Waals surface area contributed by atoms with Crippen LogP contribution in [0.25, 0.3) is 0 Å². The molecule has 90 valence electrons. The van der Waals surface area contributed by atoms with Crippen LogP contribution in [0.5, 0.6) is 11.5 Å². The van der Waals surface area contributed by atoms with Crippen molar-refractivity contribution in [3.63, 3.8) is 0 Å². The predicted molar refractivity (Wildman–Crippen MR) is 57.8 cm³/mol. The van der Waals surface area contributed by atoms with Crippen LogP contribution in [0.15, 0.2) is 17.1 Å². The van der Waals surface area contributed by atoms with Gasteiger partial charge in [0.1, 0.15) is 17.1 Å². The summed E-state index contributed by atoms with van der Waals surface area (Å²) in [7, 11) is 2.61. The van der Waals surface area contributed by atoms with E-state index in [-0.39, 0.29) is 17.9 Å². The number of esters is 1. The lowest BCUT2D eigenvalue weighted by molar-refractivity contribution is 0.0597. The first-order chi connectivity index (χ1) is 8.13. The molecular weight excluding hydrogens is 226 g/mol. The molecule has 0 atom stereocenters. The number of methoxy groups -OCH3 is 2. The zero-order valence-corrected chi connectivity index (χ0v) is 9.39. The number of hydrogen-bond acceptors (Lipinski definition) is 6. The highest BCUT2D eigenvalue weighted by Gasteiger charge is 2.16. The number of rotatable bonds is 4. The molecule has 0 aliphatic rings. The maximum atomic E-state index is 11.3. The molecule has 0 spiro atoms. The smallest absolute Gasteiger partial charge is 0.341 e. The van der Waals surface area contributed by atoms with Gasteiger partial charge in [-0.05, 0) is 6.07 Å². The van der Waals surface area contributed by atoms with Crippen LogP contribution in [0.3, 0.4) is 0 Å². The van der Waals surface area contributed by atoms with Gasteiger partial charge in [-0.1, -0.05) is 0 Å². The van der Waals surface area contributed by atoms with Crippen LogP contribution in [0.1, 0.15) is 15.9 Å². The van der Waals surface area contributed by atoms with E-state index in [1.54, 1.807) is 0 Å². The van der Waals surface area contributed by atoms with Crippen molar-refractivity contribution in [2.24, 2.45) is 4.99 Å². The van der Waals surface area contributed by atoms with Crippen molar-refractivity contribution in [1.29, 1.82) is 0 Å². The summed E-state index contributed by atoms with van der Waals surface area (Å²) < 4.78 is 9.49. The first-order valence-electron chi connectivity index (χ1n) is 4.65. The highest BCUT2D eigenvalue weighted by atomic mass is 16.5. The van der Waals surface area contributed by atoms with Crippen LogP contribution in [-0.4, -0.2) is 31.4 Å². The number of carbonyl (C=O) groups is 1. The zero-order valence-electron chi connectivity index (χ0n) is 9.39. The van der Waals surface area contributed by atoms with Crippen LogP contribution >= 0.6 is 0 Å². The SMILES string of the molecule is COC(=O)c1cc(CN=C=O)c(OC)cc1O. The first kappa shape index (κ1) is 12.7. The fourth-order valence-corrected chi connectivity index (χ4v) is 1.32. The van der Waals surface area contributed by atoms with E-state index in [2.05, 4.69) is 9.73 Å². The molecule has 0 saturated carbocycles. The second-order valence-electron chi connectivity index (χ2n) is 3.08. The molecule has 0 fully saturated rings. The number of phenols is 1. The van der Waals surface area contributed by atoms with Gasteiger partial charge in [-0.3, -0.25) is 0 Å². The fourth-order valence-electron chi connectivity index (χ4n) is 1.32. The normalized spacial score (nSPS) is 9.29. The fraction of sp³-hybridized carbons (Fsp3) is 0.273. The molecule has 0 aliphatic carbocycles. The van der Waals surface area contributed by atoms with Gasteiger partial charge in [0.2, 0.25) is 6.08 Å². The Kier molecular flexibility index (Phi) is 4.25. The molecule has 0 amide bonds. The summed E-state index contributed by atoms with van der Waals surface area (Å²) in [5.74, 6) is -0.608. The van der Waals surface area contributed by atoms with Crippen molar-refractivity contribution in [2.45, 2.75) is 6.54 Å². The standard InChI is InChI=1S/C11H11NO5/c1-16-10-4-9(14)8(11(15)17-2)3-7(10)5-12-6-13/h3-4,14H,5H2,1-2H3. The summed E-state index contributed by atoms with van der Waals surface area (Å²) in [6.45, 7) is 0.0109. The van der Waals surface area contributed by atoms with Crippen LogP contribution < -0.4 is 4.74 Å². The summed E-state index contributed by atoms with van der Waals surface area (Å²) in [5, 5.41) is 9.59. The van der Waals surface area contributed by atoms with Crippen molar-refractivity contribution < 1.29 is 24.2 Å². The molecule has 0 bridgehead atoms. The third-order valence-electron chi connectivity index (χ3n) is 2.12. The number of hydrogen-bond donors (Lipinski definition) is 1. The van der Waals surface area contributed by atoms with Crippen molar-refractivity contribution in [3.05, 3.63) is 23.3 Å².